The van der Waals surface area contributed by atoms with Crippen LogP contribution in [0.4, 0.5) is 0 Å². The molecule has 0 aliphatic heterocycles. The summed E-state index contributed by atoms with van der Waals surface area (Å²) in [7, 11) is 0. The molecule has 94 valence electrons. The highest BCUT2D eigenvalue weighted by molar-refractivity contribution is 5.98. The third-order valence-electron chi connectivity index (χ3n) is 2.80. The molecule has 0 aromatic carbocycles. The van der Waals surface area contributed by atoms with Gasteiger partial charge in [0, 0.05) is 5.56 Å². The van der Waals surface area contributed by atoms with Crippen molar-refractivity contribution >= 4 is 11.9 Å². The van der Waals surface area contributed by atoms with Gasteiger partial charge in [-0.3, -0.25) is 4.79 Å². The Morgan fingerprint density at radius 1 is 1.29 bits per heavy atom. The summed E-state index contributed by atoms with van der Waals surface area (Å²) >= 11 is 0. The zero-order valence-corrected chi connectivity index (χ0v) is 10.5. The van der Waals surface area contributed by atoms with Crippen molar-refractivity contribution in [3.63, 3.8) is 0 Å². The summed E-state index contributed by atoms with van der Waals surface area (Å²) < 4.78 is 5.33. The van der Waals surface area contributed by atoms with Gasteiger partial charge in [0.1, 0.15) is 17.6 Å². The largest absolute Gasteiger partial charge is 0.480 e. The number of carboxylic acid groups (broad SMARTS) is 1. The molecule has 0 saturated heterocycles. The average molecular weight is 239 g/mol. The third-order valence-corrected chi connectivity index (χ3v) is 2.80. The molecule has 2 N–H and O–H groups in total. The fourth-order valence-electron chi connectivity index (χ4n) is 1.70. The summed E-state index contributed by atoms with van der Waals surface area (Å²) in [4.78, 5) is 22.8. The van der Waals surface area contributed by atoms with Gasteiger partial charge in [0.05, 0.1) is 5.56 Å². The van der Waals surface area contributed by atoms with E-state index in [1.807, 2.05) is 0 Å². The van der Waals surface area contributed by atoms with Gasteiger partial charge in [0.15, 0.2) is 0 Å². The number of nitrogens with one attached hydrogen (secondary N) is 1. The molecule has 0 spiro atoms. The van der Waals surface area contributed by atoms with E-state index in [-0.39, 0.29) is 0 Å². The van der Waals surface area contributed by atoms with Crippen molar-refractivity contribution in [1.29, 1.82) is 0 Å². The molecule has 17 heavy (non-hydrogen) atoms. The van der Waals surface area contributed by atoms with Gasteiger partial charge in [-0.1, -0.05) is 6.92 Å². The number of aliphatic carboxylic acids is 1. The number of amides is 1. The summed E-state index contributed by atoms with van der Waals surface area (Å²) in [6.07, 6.45) is 0.343. The van der Waals surface area contributed by atoms with Crippen molar-refractivity contribution in [3.8, 4) is 0 Å². The molecule has 1 amide bonds. The number of furan rings is 1. The van der Waals surface area contributed by atoms with Crippen LogP contribution in [0.25, 0.3) is 0 Å². The zero-order chi connectivity index (χ0) is 13.2. The predicted molar refractivity (Wildman–Crippen MR) is 62.1 cm³/mol. The molecule has 1 heterocycles. The molecule has 0 bridgehead atoms. The molecule has 0 saturated carbocycles. The van der Waals surface area contributed by atoms with Crippen molar-refractivity contribution in [1.82, 2.24) is 5.32 Å². The fourth-order valence-corrected chi connectivity index (χ4v) is 1.70. The second-order valence-electron chi connectivity index (χ2n) is 3.99. The van der Waals surface area contributed by atoms with Gasteiger partial charge in [-0.2, -0.15) is 0 Å². The molecule has 0 unspecified atom stereocenters. The molecule has 5 nitrogen and oxygen atoms in total. The van der Waals surface area contributed by atoms with Crippen molar-refractivity contribution < 1.29 is 19.1 Å². The summed E-state index contributed by atoms with van der Waals surface area (Å²) in [5, 5.41) is 11.4. The van der Waals surface area contributed by atoms with E-state index in [4.69, 9.17) is 9.52 Å². The van der Waals surface area contributed by atoms with Crippen LogP contribution in [-0.4, -0.2) is 23.0 Å². The van der Waals surface area contributed by atoms with Gasteiger partial charge in [-0.15, -0.1) is 0 Å². The van der Waals surface area contributed by atoms with Crippen LogP contribution in [0.2, 0.25) is 0 Å². The van der Waals surface area contributed by atoms with E-state index in [2.05, 4.69) is 5.32 Å². The molecular formula is C12H17NO4. The maximum absolute atomic E-state index is 11.9. The highest BCUT2D eigenvalue weighted by atomic mass is 16.4. The molecule has 1 atom stereocenters. The smallest absolute Gasteiger partial charge is 0.326 e. The first-order valence-corrected chi connectivity index (χ1v) is 5.48. The van der Waals surface area contributed by atoms with Crippen molar-refractivity contribution in [2.24, 2.45) is 0 Å². The Morgan fingerprint density at radius 3 is 2.24 bits per heavy atom. The van der Waals surface area contributed by atoms with E-state index in [1.54, 1.807) is 27.7 Å². The SMILES string of the molecule is CC[C@@H](NC(=O)c1c(C)oc(C)c1C)C(=O)O. The number of rotatable bonds is 4. The Kier molecular flexibility index (Phi) is 3.93. The lowest BCUT2D eigenvalue weighted by Crippen LogP contribution is -2.40. The van der Waals surface area contributed by atoms with Crippen LogP contribution in [0.15, 0.2) is 4.42 Å². The van der Waals surface area contributed by atoms with Crippen molar-refractivity contribution in [2.75, 3.05) is 0 Å². The molecule has 5 heteroatoms. The maximum atomic E-state index is 11.9. The highest BCUT2D eigenvalue weighted by Gasteiger charge is 2.23. The Balaban J connectivity index is 2.94. The van der Waals surface area contributed by atoms with E-state index in [0.29, 0.717) is 23.5 Å². The molecule has 0 fully saturated rings. The molecule has 1 rings (SSSR count). The van der Waals surface area contributed by atoms with Gasteiger partial charge < -0.3 is 14.8 Å². The number of carbonyl (C=O) groups excluding carboxylic acids is 1. The normalized spacial score (nSPS) is 12.2. The van der Waals surface area contributed by atoms with Gasteiger partial charge in [0.2, 0.25) is 0 Å². The van der Waals surface area contributed by atoms with Crippen LogP contribution in [0.3, 0.4) is 0 Å². The first kappa shape index (κ1) is 13.3. The van der Waals surface area contributed by atoms with Crippen LogP contribution < -0.4 is 5.32 Å². The number of aryl methyl sites for hydroxylation is 2. The van der Waals surface area contributed by atoms with Gasteiger partial charge in [0.25, 0.3) is 5.91 Å². The fraction of sp³-hybridized carbons (Fsp3) is 0.500. The molecule has 0 aliphatic carbocycles. The summed E-state index contributed by atoms with van der Waals surface area (Å²) in [5.41, 5.74) is 1.18. The number of hydrogen-bond acceptors (Lipinski definition) is 3. The Bertz CT molecular complexity index is 448. The van der Waals surface area contributed by atoms with E-state index < -0.39 is 17.9 Å². The van der Waals surface area contributed by atoms with Crippen molar-refractivity contribution in [2.45, 2.75) is 40.2 Å². The topological polar surface area (TPSA) is 79.5 Å². The third kappa shape index (κ3) is 2.67. The monoisotopic (exact) mass is 239 g/mol. The molecule has 1 aromatic heterocycles. The lowest BCUT2D eigenvalue weighted by Gasteiger charge is -2.12. The second kappa shape index (κ2) is 5.03. The minimum Gasteiger partial charge on any atom is -0.480 e. The van der Waals surface area contributed by atoms with Gasteiger partial charge in [-0.25, -0.2) is 4.79 Å². The van der Waals surface area contributed by atoms with Crippen LogP contribution in [0.5, 0.6) is 0 Å². The van der Waals surface area contributed by atoms with E-state index >= 15 is 0 Å². The van der Waals surface area contributed by atoms with Crippen LogP contribution in [-0.2, 0) is 4.79 Å². The minimum atomic E-state index is -1.03. The Hall–Kier alpha value is -1.78. The van der Waals surface area contributed by atoms with Crippen LogP contribution in [0, 0.1) is 20.8 Å². The minimum absolute atomic E-state index is 0.343. The quantitative estimate of drug-likeness (QED) is 0.839. The predicted octanol–water partition coefficient (Wildman–Crippen LogP) is 1.80. The summed E-state index contributed by atoms with van der Waals surface area (Å²) in [6, 6.07) is -0.864. The van der Waals surface area contributed by atoms with Crippen LogP contribution in [0.1, 0.15) is 40.8 Å². The van der Waals surface area contributed by atoms with E-state index in [0.717, 1.165) is 5.56 Å². The maximum Gasteiger partial charge on any atom is 0.326 e. The second-order valence-corrected chi connectivity index (χ2v) is 3.99. The van der Waals surface area contributed by atoms with E-state index in [9.17, 15) is 9.59 Å². The summed E-state index contributed by atoms with van der Waals surface area (Å²) in [5.74, 6) is -0.240. The van der Waals surface area contributed by atoms with E-state index in [1.165, 1.54) is 0 Å². The van der Waals surface area contributed by atoms with Gasteiger partial charge >= 0.3 is 5.97 Å². The van der Waals surface area contributed by atoms with Crippen LogP contribution >= 0.6 is 0 Å². The van der Waals surface area contributed by atoms with Crippen molar-refractivity contribution in [3.05, 3.63) is 22.6 Å². The molecule has 1 aromatic rings. The zero-order valence-electron chi connectivity index (χ0n) is 10.5. The molecular weight excluding hydrogens is 222 g/mol. The molecule has 0 aliphatic rings. The first-order valence-electron chi connectivity index (χ1n) is 5.48. The average Bonchev–Trinajstić information content (AvgIpc) is 2.49. The number of carboxylic acids is 1. The summed E-state index contributed by atoms with van der Waals surface area (Å²) in [6.45, 7) is 6.95. The first-order chi connectivity index (χ1) is 7.88. The van der Waals surface area contributed by atoms with Gasteiger partial charge in [-0.05, 0) is 27.2 Å². The standard InChI is InChI=1S/C12H17NO4/c1-5-9(12(15)16)13-11(14)10-6(2)7(3)17-8(10)4/h9H,5H2,1-4H3,(H,13,14)(H,15,16)/t9-/m1/s1. The lowest BCUT2D eigenvalue weighted by molar-refractivity contribution is -0.139. The molecule has 0 radical (unpaired) electrons. The Labute approximate surface area is 99.8 Å². The Morgan fingerprint density at radius 2 is 1.88 bits per heavy atom. The number of hydrogen-bond donors (Lipinski definition) is 2. The highest BCUT2D eigenvalue weighted by Crippen LogP contribution is 2.20. The number of carbonyl (C=O) groups is 2. The lowest BCUT2D eigenvalue weighted by atomic mass is 10.1.